The molecule has 3 aromatic rings. The minimum absolute atomic E-state index is 0.116. The van der Waals surface area contributed by atoms with E-state index >= 15 is 0 Å². The summed E-state index contributed by atoms with van der Waals surface area (Å²) in [7, 11) is -3.62. The molecule has 0 amide bonds. The maximum Gasteiger partial charge on any atom is 0.240 e. The first-order valence-corrected chi connectivity index (χ1v) is 9.04. The number of rotatable bonds is 6. The third-order valence-corrected chi connectivity index (χ3v) is 4.93. The zero-order valence-corrected chi connectivity index (χ0v) is 14.1. The Morgan fingerprint density at radius 3 is 2.62 bits per heavy atom. The zero-order chi connectivity index (χ0) is 17.0. The summed E-state index contributed by atoms with van der Waals surface area (Å²) in [5, 5.41) is 4.25. The summed E-state index contributed by atoms with van der Waals surface area (Å²) in [4.78, 5) is 4.37. The van der Waals surface area contributed by atoms with Crippen molar-refractivity contribution in [1.82, 2.24) is 14.9 Å². The molecular weight excluding hydrogens is 350 g/mol. The van der Waals surface area contributed by atoms with Crippen molar-refractivity contribution in [2.75, 3.05) is 6.54 Å². The van der Waals surface area contributed by atoms with Gasteiger partial charge >= 0.3 is 0 Å². The van der Waals surface area contributed by atoms with Gasteiger partial charge in [0.1, 0.15) is 0 Å². The Balaban J connectivity index is 1.62. The van der Waals surface area contributed by atoms with E-state index in [-0.39, 0.29) is 11.4 Å². The lowest BCUT2D eigenvalue weighted by Gasteiger charge is -2.05. The fourth-order valence-electron chi connectivity index (χ4n) is 2.07. The van der Waals surface area contributed by atoms with Crippen molar-refractivity contribution in [2.45, 2.75) is 11.3 Å². The van der Waals surface area contributed by atoms with Crippen LogP contribution in [0.15, 0.2) is 64.0 Å². The Bertz CT molecular complexity index is 927. The number of hydrogen-bond acceptors (Lipinski definition) is 5. The van der Waals surface area contributed by atoms with Crippen LogP contribution in [0, 0.1) is 0 Å². The third kappa shape index (κ3) is 4.00. The third-order valence-electron chi connectivity index (χ3n) is 3.24. The second-order valence-electron chi connectivity index (χ2n) is 4.98. The monoisotopic (exact) mass is 363 g/mol. The van der Waals surface area contributed by atoms with Gasteiger partial charge in [-0.15, -0.1) is 0 Å². The summed E-state index contributed by atoms with van der Waals surface area (Å²) in [5.41, 5.74) is 0.840. The Morgan fingerprint density at radius 1 is 1.08 bits per heavy atom. The molecule has 0 saturated heterocycles. The van der Waals surface area contributed by atoms with Gasteiger partial charge in [-0.05, 0) is 18.2 Å². The number of hydrogen-bond donors (Lipinski definition) is 1. The lowest BCUT2D eigenvalue weighted by Crippen LogP contribution is -2.26. The second kappa shape index (κ2) is 7.12. The van der Waals surface area contributed by atoms with E-state index in [1.165, 1.54) is 12.1 Å². The lowest BCUT2D eigenvalue weighted by atomic mass is 10.2. The molecule has 1 aromatic heterocycles. The highest BCUT2D eigenvalue weighted by atomic mass is 35.5. The molecule has 3 rings (SSSR count). The number of nitrogens with zero attached hydrogens (tertiary/aromatic N) is 2. The molecule has 0 bridgehead atoms. The fraction of sp³-hybridized carbons (Fsp3) is 0.125. The number of benzene rings is 2. The quantitative estimate of drug-likeness (QED) is 0.727. The molecule has 24 heavy (non-hydrogen) atoms. The predicted octanol–water partition coefficient (Wildman–Crippen LogP) is 2.91. The van der Waals surface area contributed by atoms with Crippen LogP contribution in [0.2, 0.25) is 5.02 Å². The molecule has 0 saturated carbocycles. The van der Waals surface area contributed by atoms with E-state index < -0.39 is 10.0 Å². The van der Waals surface area contributed by atoms with Crippen molar-refractivity contribution in [2.24, 2.45) is 0 Å². The Labute approximate surface area is 144 Å². The smallest absolute Gasteiger partial charge is 0.240 e. The molecule has 6 nitrogen and oxygen atoms in total. The van der Waals surface area contributed by atoms with E-state index in [0.29, 0.717) is 23.2 Å². The normalized spacial score (nSPS) is 11.5. The first kappa shape index (κ1) is 16.6. The molecule has 0 spiro atoms. The summed E-state index contributed by atoms with van der Waals surface area (Å²) in [5.74, 6) is 0.839. The predicted molar refractivity (Wildman–Crippen MR) is 90.1 cm³/mol. The lowest BCUT2D eigenvalue weighted by molar-refractivity contribution is 0.379. The van der Waals surface area contributed by atoms with Gasteiger partial charge in [-0.25, -0.2) is 13.1 Å². The molecule has 1 N–H and O–H groups in total. The van der Waals surface area contributed by atoms with E-state index in [4.69, 9.17) is 16.1 Å². The maximum atomic E-state index is 12.2. The molecule has 0 aliphatic rings. The highest BCUT2D eigenvalue weighted by Gasteiger charge is 2.15. The highest BCUT2D eigenvalue weighted by molar-refractivity contribution is 7.89. The largest absolute Gasteiger partial charge is 0.339 e. The van der Waals surface area contributed by atoms with Crippen molar-refractivity contribution in [3.63, 3.8) is 0 Å². The number of nitrogens with one attached hydrogen (secondary N) is 1. The van der Waals surface area contributed by atoms with Crippen LogP contribution in [0.4, 0.5) is 0 Å². The first-order valence-electron chi connectivity index (χ1n) is 7.18. The standard InChI is InChI=1S/C16H14ClN3O3S/c17-13-7-4-8-14(11-13)24(21,22)18-10-9-15-19-16(20-23-15)12-5-2-1-3-6-12/h1-8,11,18H,9-10H2. The minimum atomic E-state index is -3.62. The van der Waals surface area contributed by atoms with Gasteiger partial charge in [0.05, 0.1) is 4.90 Å². The van der Waals surface area contributed by atoms with Crippen LogP contribution in [-0.4, -0.2) is 25.1 Å². The summed E-state index contributed by atoms with van der Waals surface area (Å²) in [6, 6.07) is 15.5. The average Bonchev–Trinajstić information content (AvgIpc) is 3.04. The maximum absolute atomic E-state index is 12.2. The van der Waals surface area contributed by atoms with Crippen molar-refractivity contribution in [3.05, 3.63) is 65.5 Å². The number of halogens is 1. The van der Waals surface area contributed by atoms with E-state index in [1.807, 2.05) is 30.3 Å². The molecule has 2 aromatic carbocycles. The SMILES string of the molecule is O=S(=O)(NCCc1nc(-c2ccccc2)no1)c1cccc(Cl)c1. The van der Waals surface area contributed by atoms with Gasteiger partial charge in [0.15, 0.2) is 0 Å². The van der Waals surface area contributed by atoms with Gasteiger partial charge in [-0.1, -0.05) is 53.2 Å². The number of aromatic nitrogens is 2. The van der Waals surface area contributed by atoms with E-state index in [2.05, 4.69) is 14.9 Å². The molecule has 124 valence electrons. The molecule has 0 atom stereocenters. The van der Waals surface area contributed by atoms with Crippen molar-refractivity contribution >= 4 is 21.6 Å². The summed E-state index contributed by atoms with van der Waals surface area (Å²) >= 11 is 5.82. The van der Waals surface area contributed by atoms with Crippen LogP contribution in [0.1, 0.15) is 5.89 Å². The zero-order valence-electron chi connectivity index (χ0n) is 12.5. The summed E-state index contributed by atoms with van der Waals surface area (Å²) in [6.45, 7) is 0.144. The van der Waals surface area contributed by atoms with Crippen LogP contribution < -0.4 is 4.72 Å². The molecule has 0 radical (unpaired) electrons. The van der Waals surface area contributed by atoms with Crippen LogP contribution >= 0.6 is 11.6 Å². The van der Waals surface area contributed by atoms with Gasteiger partial charge in [0.25, 0.3) is 0 Å². The van der Waals surface area contributed by atoms with E-state index in [0.717, 1.165) is 5.56 Å². The van der Waals surface area contributed by atoms with Gasteiger partial charge in [-0.2, -0.15) is 4.98 Å². The second-order valence-corrected chi connectivity index (χ2v) is 7.19. The molecule has 0 unspecified atom stereocenters. The molecule has 8 heteroatoms. The Morgan fingerprint density at radius 2 is 1.88 bits per heavy atom. The van der Waals surface area contributed by atoms with Crippen LogP contribution in [-0.2, 0) is 16.4 Å². The summed E-state index contributed by atoms with van der Waals surface area (Å²) < 4.78 is 32.0. The van der Waals surface area contributed by atoms with Crippen LogP contribution in [0.5, 0.6) is 0 Å². The topological polar surface area (TPSA) is 85.1 Å². The van der Waals surface area contributed by atoms with Gasteiger partial charge < -0.3 is 4.52 Å². The Kier molecular flexibility index (Phi) is 4.94. The molecule has 0 aliphatic carbocycles. The van der Waals surface area contributed by atoms with E-state index in [1.54, 1.807) is 12.1 Å². The number of sulfonamides is 1. The van der Waals surface area contributed by atoms with Crippen molar-refractivity contribution in [3.8, 4) is 11.4 Å². The van der Waals surface area contributed by atoms with E-state index in [9.17, 15) is 8.42 Å². The molecule has 0 aliphatic heterocycles. The fourth-order valence-corrected chi connectivity index (χ4v) is 3.40. The average molecular weight is 364 g/mol. The molecule has 0 fully saturated rings. The van der Waals surface area contributed by atoms with Crippen LogP contribution in [0.25, 0.3) is 11.4 Å². The molecule has 1 heterocycles. The van der Waals surface area contributed by atoms with Crippen molar-refractivity contribution in [1.29, 1.82) is 0 Å². The summed E-state index contributed by atoms with van der Waals surface area (Å²) in [6.07, 6.45) is 0.291. The van der Waals surface area contributed by atoms with Crippen molar-refractivity contribution < 1.29 is 12.9 Å². The Hall–Kier alpha value is -2.22. The van der Waals surface area contributed by atoms with Gasteiger partial charge in [0.2, 0.25) is 21.7 Å². The van der Waals surface area contributed by atoms with Gasteiger partial charge in [0, 0.05) is 23.6 Å². The van der Waals surface area contributed by atoms with Crippen LogP contribution in [0.3, 0.4) is 0 Å². The van der Waals surface area contributed by atoms with Gasteiger partial charge in [-0.3, -0.25) is 0 Å². The highest BCUT2D eigenvalue weighted by Crippen LogP contribution is 2.16. The first-order chi connectivity index (χ1) is 11.5. The minimum Gasteiger partial charge on any atom is -0.339 e. The molecular formula is C16H14ClN3O3S.